The van der Waals surface area contributed by atoms with Crippen LogP contribution in [-0.4, -0.2) is 66.5 Å². The second-order valence-corrected chi connectivity index (χ2v) is 5.17. The maximum absolute atomic E-state index is 11.7. The van der Waals surface area contributed by atoms with E-state index in [1.807, 2.05) is 0 Å². The number of nitrogens with two attached hydrogens (primary N) is 3. The Hall–Kier alpha value is -2.89. The van der Waals surface area contributed by atoms with E-state index in [0.717, 1.165) is 0 Å². The summed E-state index contributed by atoms with van der Waals surface area (Å²) < 4.78 is 0. The van der Waals surface area contributed by atoms with Crippen LogP contribution in [0.2, 0.25) is 0 Å². The topological polar surface area (TPSA) is 215 Å². The van der Waals surface area contributed by atoms with Crippen LogP contribution in [-0.2, 0) is 19.2 Å². The smallest absolute Gasteiger partial charge is 0.322 e. The minimum Gasteiger partial charge on any atom is -0.480 e. The Labute approximate surface area is 144 Å². The predicted molar refractivity (Wildman–Crippen MR) is 89.1 cm³/mol. The summed E-state index contributed by atoms with van der Waals surface area (Å²) in [4.78, 5) is 49.0. The number of nitrogens with zero attached hydrogens (tertiary/aromatic N) is 1. The van der Waals surface area contributed by atoms with Crippen molar-refractivity contribution in [1.82, 2.24) is 16.0 Å². The Morgan fingerprint density at radius 2 is 1.68 bits per heavy atom. The summed E-state index contributed by atoms with van der Waals surface area (Å²) in [7, 11) is 0. The van der Waals surface area contributed by atoms with E-state index >= 15 is 0 Å². The number of hydrogen-bond donors (Lipinski definition) is 7. The van der Waals surface area contributed by atoms with E-state index in [0.29, 0.717) is 19.4 Å². The van der Waals surface area contributed by atoms with Crippen molar-refractivity contribution in [2.45, 2.75) is 31.8 Å². The quantitative estimate of drug-likeness (QED) is 0.110. The number of hydrogen-bond acceptors (Lipinski definition) is 6. The maximum atomic E-state index is 11.7. The molecule has 10 N–H and O–H groups in total. The molecule has 0 aliphatic carbocycles. The van der Waals surface area contributed by atoms with E-state index < -0.39 is 42.3 Å². The van der Waals surface area contributed by atoms with Crippen molar-refractivity contribution in [1.29, 1.82) is 0 Å². The Balaban J connectivity index is 4.06. The predicted octanol–water partition coefficient (Wildman–Crippen LogP) is -3.81. The largest absolute Gasteiger partial charge is 0.480 e. The fraction of sp³-hybridized carbons (Fsp3) is 0.615. The third-order valence-electron chi connectivity index (χ3n) is 2.91. The minimum absolute atomic E-state index is 0.0452. The van der Waals surface area contributed by atoms with Crippen molar-refractivity contribution in [2.24, 2.45) is 22.2 Å². The van der Waals surface area contributed by atoms with Crippen molar-refractivity contribution < 1.29 is 24.3 Å². The number of rotatable bonds is 11. The van der Waals surface area contributed by atoms with Gasteiger partial charge in [0.15, 0.2) is 5.96 Å². The van der Waals surface area contributed by atoms with Gasteiger partial charge in [0.2, 0.25) is 17.7 Å². The van der Waals surface area contributed by atoms with Gasteiger partial charge in [-0.15, -0.1) is 0 Å². The highest BCUT2D eigenvalue weighted by atomic mass is 16.4. The van der Waals surface area contributed by atoms with E-state index in [1.54, 1.807) is 0 Å². The van der Waals surface area contributed by atoms with Crippen LogP contribution in [0.25, 0.3) is 0 Å². The van der Waals surface area contributed by atoms with Crippen LogP contribution >= 0.6 is 0 Å². The average Bonchev–Trinajstić information content (AvgIpc) is 2.53. The standard InChI is InChI=1S/C13H25N7O5/c1-7(11(24)19-6-10(22)23)20-9(21)5-18-12(25)8(14)3-2-4-17-13(15)16/h7-8H,2-6,14H2,1H3,(H,18,25)(H,19,24)(H,20,21)(H,22,23)(H4,15,16,17). The molecule has 25 heavy (non-hydrogen) atoms. The molecule has 142 valence electrons. The van der Waals surface area contributed by atoms with Crippen LogP contribution in [0, 0.1) is 0 Å². The van der Waals surface area contributed by atoms with Crippen LogP contribution in [0.15, 0.2) is 4.99 Å². The number of carboxylic acids is 1. The number of aliphatic imine (C=N–C) groups is 1. The molecule has 2 atom stereocenters. The molecule has 0 aromatic carbocycles. The highest BCUT2D eigenvalue weighted by Crippen LogP contribution is 1.95. The average molecular weight is 359 g/mol. The third-order valence-corrected chi connectivity index (χ3v) is 2.91. The lowest BCUT2D eigenvalue weighted by atomic mass is 10.1. The van der Waals surface area contributed by atoms with Crippen molar-refractivity contribution >= 4 is 29.7 Å². The summed E-state index contributed by atoms with van der Waals surface area (Å²) in [5.41, 5.74) is 16.0. The summed E-state index contributed by atoms with van der Waals surface area (Å²) in [6, 6.07) is -1.77. The van der Waals surface area contributed by atoms with Crippen LogP contribution in [0.3, 0.4) is 0 Å². The summed E-state index contributed by atoms with van der Waals surface area (Å²) in [5, 5.41) is 15.2. The van der Waals surface area contributed by atoms with Gasteiger partial charge in [0.25, 0.3) is 0 Å². The zero-order valence-corrected chi connectivity index (χ0v) is 13.9. The first-order valence-electron chi connectivity index (χ1n) is 7.51. The number of nitrogens with one attached hydrogen (secondary N) is 3. The number of aliphatic carboxylic acids is 1. The normalized spacial score (nSPS) is 12.4. The fourth-order valence-electron chi connectivity index (χ4n) is 1.62. The molecule has 0 spiro atoms. The Bertz CT molecular complexity index is 519. The lowest BCUT2D eigenvalue weighted by Gasteiger charge is -2.15. The maximum Gasteiger partial charge on any atom is 0.322 e. The number of carbonyl (C=O) groups excluding carboxylic acids is 3. The van der Waals surface area contributed by atoms with Gasteiger partial charge in [0, 0.05) is 6.54 Å². The van der Waals surface area contributed by atoms with Gasteiger partial charge in [0.1, 0.15) is 12.6 Å². The van der Waals surface area contributed by atoms with E-state index in [1.165, 1.54) is 6.92 Å². The molecule has 0 fully saturated rings. The second-order valence-electron chi connectivity index (χ2n) is 5.17. The van der Waals surface area contributed by atoms with Crippen molar-refractivity contribution in [3.63, 3.8) is 0 Å². The molecule has 0 bridgehead atoms. The summed E-state index contributed by atoms with van der Waals surface area (Å²) in [6.45, 7) is 0.806. The molecule has 12 nitrogen and oxygen atoms in total. The highest BCUT2D eigenvalue weighted by molar-refractivity contribution is 5.91. The molecule has 0 aliphatic heterocycles. The first-order chi connectivity index (χ1) is 11.6. The molecule has 2 unspecified atom stereocenters. The molecular weight excluding hydrogens is 334 g/mol. The van der Waals surface area contributed by atoms with Crippen molar-refractivity contribution in [3.05, 3.63) is 0 Å². The minimum atomic E-state index is -1.20. The second kappa shape index (κ2) is 11.6. The molecule has 12 heteroatoms. The molecule has 0 aromatic rings. The van der Waals surface area contributed by atoms with Gasteiger partial charge in [0.05, 0.1) is 12.6 Å². The first kappa shape index (κ1) is 22.1. The Morgan fingerprint density at radius 1 is 1.08 bits per heavy atom. The molecule has 0 saturated carbocycles. The van der Waals surface area contributed by atoms with Gasteiger partial charge in [-0.3, -0.25) is 24.2 Å². The van der Waals surface area contributed by atoms with Gasteiger partial charge in [-0.05, 0) is 19.8 Å². The van der Waals surface area contributed by atoms with Gasteiger partial charge in [-0.1, -0.05) is 0 Å². The fourth-order valence-corrected chi connectivity index (χ4v) is 1.62. The molecule has 3 amide bonds. The van der Waals surface area contributed by atoms with Crippen LogP contribution in [0.1, 0.15) is 19.8 Å². The molecule has 0 saturated heterocycles. The zero-order chi connectivity index (χ0) is 19.4. The lowest BCUT2D eigenvalue weighted by molar-refractivity contribution is -0.138. The van der Waals surface area contributed by atoms with Crippen LogP contribution < -0.4 is 33.2 Å². The molecule has 0 heterocycles. The Morgan fingerprint density at radius 3 is 2.24 bits per heavy atom. The number of carboxylic acid groups (broad SMARTS) is 1. The van der Waals surface area contributed by atoms with E-state index in [2.05, 4.69) is 20.9 Å². The van der Waals surface area contributed by atoms with Crippen LogP contribution in [0.4, 0.5) is 0 Å². The number of carbonyl (C=O) groups is 4. The summed E-state index contributed by atoms with van der Waals surface area (Å²) >= 11 is 0. The molecule has 0 aromatic heterocycles. The first-order valence-corrected chi connectivity index (χ1v) is 7.51. The molecule has 0 radical (unpaired) electrons. The lowest BCUT2D eigenvalue weighted by Crippen LogP contribution is -2.50. The van der Waals surface area contributed by atoms with Gasteiger partial charge < -0.3 is 38.3 Å². The van der Waals surface area contributed by atoms with Crippen molar-refractivity contribution in [2.75, 3.05) is 19.6 Å². The van der Waals surface area contributed by atoms with E-state index in [4.69, 9.17) is 22.3 Å². The van der Waals surface area contributed by atoms with Gasteiger partial charge in [-0.2, -0.15) is 0 Å². The highest BCUT2D eigenvalue weighted by Gasteiger charge is 2.18. The Kier molecular flexibility index (Phi) is 10.3. The van der Waals surface area contributed by atoms with E-state index in [9.17, 15) is 19.2 Å². The molecule has 0 rings (SSSR count). The van der Waals surface area contributed by atoms with Gasteiger partial charge >= 0.3 is 5.97 Å². The van der Waals surface area contributed by atoms with E-state index in [-0.39, 0.29) is 12.5 Å². The summed E-state index contributed by atoms with van der Waals surface area (Å²) in [5.74, 6) is -3.04. The van der Waals surface area contributed by atoms with Gasteiger partial charge in [-0.25, -0.2) is 0 Å². The van der Waals surface area contributed by atoms with Crippen molar-refractivity contribution in [3.8, 4) is 0 Å². The van der Waals surface area contributed by atoms with Crippen LogP contribution in [0.5, 0.6) is 0 Å². The third kappa shape index (κ3) is 11.3. The summed E-state index contributed by atoms with van der Waals surface area (Å²) in [6.07, 6.45) is 0.831. The number of amides is 3. The monoisotopic (exact) mass is 359 g/mol. The molecule has 0 aliphatic rings. The SMILES string of the molecule is CC(NC(=O)CNC(=O)C(N)CCCN=C(N)N)C(=O)NCC(=O)O. The molecular formula is C13H25N7O5. The zero-order valence-electron chi connectivity index (χ0n) is 13.9. The number of guanidine groups is 1.